The number of fused-ring (bicyclic) bond motifs is 1. The molecule has 1 atom stereocenters. The lowest BCUT2D eigenvalue weighted by atomic mass is 10.00. The predicted molar refractivity (Wildman–Crippen MR) is 89.5 cm³/mol. The van der Waals surface area contributed by atoms with Gasteiger partial charge in [-0.05, 0) is 42.8 Å². The minimum atomic E-state index is 0.282. The second-order valence-corrected chi connectivity index (χ2v) is 6.70. The highest BCUT2D eigenvalue weighted by atomic mass is 79.9. The summed E-state index contributed by atoms with van der Waals surface area (Å²) in [5.74, 6) is 0.976. The largest absolute Gasteiger partial charge is 0.493 e. The highest BCUT2D eigenvalue weighted by molar-refractivity contribution is 9.10. The third-order valence-corrected chi connectivity index (χ3v) is 4.96. The van der Waals surface area contributed by atoms with Crippen LogP contribution in [0.25, 0.3) is 0 Å². The van der Waals surface area contributed by atoms with Gasteiger partial charge in [0, 0.05) is 26.6 Å². The number of anilines is 1. The van der Waals surface area contributed by atoms with Crippen molar-refractivity contribution in [1.82, 2.24) is 0 Å². The van der Waals surface area contributed by atoms with Crippen LogP contribution in [0.2, 0.25) is 0 Å². The first-order valence-corrected chi connectivity index (χ1v) is 8.17. The van der Waals surface area contributed by atoms with Crippen molar-refractivity contribution in [2.24, 2.45) is 0 Å². The van der Waals surface area contributed by atoms with E-state index in [2.05, 4.69) is 68.4 Å². The number of nitrogens with one attached hydrogen (secondary N) is 1. The van der Waals surface area contributed by atoms with Crippen LogP contribution in [0.15, 0.2) is 45.3 Å². The van der Waals surface area contributed by atoms with Crippen LogP contribution in [0.3, 0.4) is 0 Å². The van der Waals surface area contributed by atoms with Crippen LogP contribution in [0.5, 0.6) is 5.75 Å². The molecule has 20 heavy (non-hydrogen) atoms. The van der Waals surface area contributed by atoms with E-state index in [1.54, 1.807) is 0 Å². The second-order valence-electron chi connectivity index (χ2n) is 4.93. The summed E-state index contributed by atoms with van der Waals surface area (Å²) in [6.07, 6.45) is 0.968. The fourth-order valence-corrected chi connectivity index (χ4v) is 3.21. The Labute approximate surface area is 135 Å². The minimum absolute atomic E-state index is 0.282. The second kappa shape index (κ2) is 5.78. The molecule has 0 fully saturated rings. The Kier molecular flexibility index (Phi) is 4.03. The average Bonchev–Trinajstić information content (AvgIpc) is 2.44. The van der Waals surface area contributed by atoms with E-state index in [4.69, 9.17) is 4.74 Å². The number of benzene rings is 2. The van der Waals surface area contributed by atoms with Crippen molar-refractivity contribution in [3.05, 3.63) is 56.5 Å². The van der Waals surface area contributed by atoms with E-state index >= 15 is 0 Å². The Morgan fingerprint density at radius 3 is 2.90 bits per heavy atom. The van der Waals surface area contributed by atoms with E-state index in [1.807, 2.05) is 12.1 Å². The predicted octanol–water partition coefficient (Wildman–Crippen LogP) is 5.46. The van der Waals surface area contributed by atoms with E-state index in [1.165, 1.54) is 11.1 Å². The van der Waals surface area contributed by atoms with Crippen LogP contribution >= 0.6 is 31.9 Å². The van der Waals surface area contributed by atoms with Gasteiger partial charge in [-0.15, -0.1) is 0 Å². The summed E-state index contributed by atoms with van der Waals surface area (Å²) in [6.45, 7) is 2.87. The molecule has 0 saturated carbocycles. The molecule has 104 valence electrons. The molecule has 1 aliphatic rings. The molecule has 0 saturated heterocycles. The number of halogens is 2. The van der Waals surface area contributed by atoms with Crippen molar-refractivity contribution in [3.8, 4) is 5.75 Å². The maximum absolute atomic E-state index is 5.73. The molecule has 0 bridgehead atoms. The lowest BCUT2D eigenvalue weighted by molar-refractivity contribution is 0.274. The first kappa shape index (κ1) is 14.0. The summed E-state index contributed by atoms with van der Waals surface area (Å²) in [5, 5.41) is 3.64. The molecule has 0 spiro atoms. The molecule has 2 nitrogen and oxygen atoms in total. The van der Waals surface area contributed by atoms with Crippen molar-refractivity contribution in [1.29, 1.82) is 0 Å². The number of hydrogen-bond acceptors (Lipinski definition) is 2. The summed E-state index contributed by atoms with van der Waals surface area (Å²) in [6, 6.07) is 12.7. The number of ether oxygens (including phenoxy) is 1. The molecule has 1 unspecified atom stereocenters. The zero-order valence-corrected chi connectivity index (χ0v) is 14.3. The number of rotatable bonds is 2. The Hall–Kier alpha value is -1.000. The molecule has 4 heteroatoms. The molecular formula is C16H15Br2NO. The Morgan fingerprint density at radius 1 is 1.20 bits per heavy atom. The third-order valence-electron chi connectivity index (χ3n) is 3.61. The molecule has 0 radical (unpaired) electrons. The topological polar surface area (TPSA) is 21.3 Å². The summed E-state index contributed by atoms with van der Waals surface area (Å²) in [7, 11) is 0. The van der Waals surface area contributed by atoms with Crippen LogP contribution in [-0.2, 0) is 0 Å². The Bertz CT molecular complexity index is 642. The first-order chi connectivity index (χ1) is 9.65. The summed E-state index contributed by atoms with van der Waals surface area (Å²) in [4.78, 5) is 0. The number of hydrogen-bond donors (Lipinski definition) is 1. The SMILES string of the molecule is Cc1c(Br)cccc1NC1CCOc2ccc(Br)cc21. The molecule has 0 aromatic heterocycles. The van der Waals surface area contributed by atoms with Gasteiger partial charge in [0.15, 0.2) is 0 Å². The zero-order chi connectivity index (χ0) is 14.1. The zero-order valence-electron chi connectivity index (χ0n) is 11.1. The summed E-state index contributed by atoms with van der Waals surface area (Å²) in [5.41, 5.74) is 3.61. The van der Waals surface area contributed by atoms with Gasteiger partial charge < -0.3 is 10.1 Å². The maximum Gasteiger partial charge on any atom is 0.124 e. The van der Waals surface area contributed by atoms with Crippen LogP contribution in [-0.4, -0.2) is 6.61 Å². The monoisotopic (exact) mass is 395 g/mol. The van der Waals surface area contributed by atoms with Gasteiger partial charge in [0.25, 0.3) is 0 Å². The summed E-state index contributed by atoms with van der Waals surface area (Å²) < 4.78 is 7.94. The van der Waals surface area contributed by atoms with Crippen molar-refractivity contribution >= 4 is 37.5 Å². The van der Waals surface area contributed by atoms with Gasteiger partial charge in [-0.3, -0.25) is 0 Å². The lowest BCUT2D eigenvalue weighted by Gasteiger charge is -2.28. The minimum Gasteiger partial charge on any atom is -0.493 e. The Morgan fingerprint density at radius 2 is 2.05 bits per heavy atom. The highest BCUT2D eigenvalue weighted by Crippen LogP contribution is 2.37. The molecule has 2 aromatic carbocycles. The lowest BCUT2D eigenvalue weighted by Crippen LogP contribution is -2.20. The van der Waals surface area contributed by atoms with E-state index in [-0.39, 0.29) is 6.04 Å². The molecule has 0 aliphatic carbocycles. The van der Waals surface area contributed by atoms with Crippen molar-refractivity contribution < 1.29 is 4.74 Å². The van der Waals surface area contributed by atoms with Crippen LogP contribution in [0, 0.1) is 6.92 Å². The average molecular weight is 397 g/mol. The van der Waals surface area contributed by atoms with E-state index in [0.717, 1.165) is 33.4 Å². The van der Waals surface area contributed by atoms with Crippen LogP contribution in [0.4, 0.5) is 5.69 Å². The fraction of sp³-hybridized carbons (Fsp3) is 0.250. The van der Waals surface area contributed by atoms with Crippen molar-refractivity contribution in [2.75, 3.05) is 11.9 Å². The van der Waals surface area contributed by atoms with Crippen molar-refractivity contribution in [2.45, 2.75) is 19.4 Å². The molecule has 3 rings (SSSR count). The Balaban J connectivity index is 1.93. The third kappa shape index (κ3) is 2.72. The quantitative estimate of drug-likeness (QED) is 0.727. The summed E-state index contributed by atoms with van der Waals surface area (Å²) >= 11 is 7.12. The van der Waals surface area contributed by atoms with Crippen LogP contribution < -0.4 is 10.1 Å². The van der Waals surface area contributed by atoms with Crippen LogP contribution in [0.1, 0.15) is 23.6 Å². The smallest absolute Gasteiger partial charge is 0.124 e. The normalized spacial score (nSPS) is 17.2. The highest BCUT2D eigenvalue weighted by Gasteiger charge is 2.22. The fourth-order valence-electron chi connectivity index (χ4n) is 2.47. The van der Waals surface area contributed by atoms with Gasteiger partial charge in [-0.25, -0.2) is 0 Å². The standard InChI is InChI=1S/C16H15Br2NO/c1-10-13(18)3-2-4-14(10)19-15-7-8-20-16-6-5-11(17)9-12(15)16/h2-6,9,15,19H,7-8H2,1H3. The van der Waals surface area contributed by atoms with E-state index < -0.39 is 0 Å². The molecule has 1 aliphatic heterocycles. The van der Waals surface area contributed by atoms with Gasteiger partial charge >= 0.3 is 0 Å². The molecule has 1 heterocycles. The van der Waals surface area contributed by atoms with Gasteiger partial charge in [0.05, 0.1) is 12.6 Å². The van der Waals surface area contributed by atoms with Crippen molar-refractivity contribution in [3.63, 3.8) is 0 Å². The van der Waals surface area contributed by atoms with Gasteiger partial charge in [-0.1, -0.05) is 37.9 Å². The molecular weight excluding hydrogens is 382 g/mol. The van der Waals surface area contributed by atoms with E-state index in [0.29, 0.717) is 0 Å². The molecule has 0 amide bonds. The van der Waals surface area contributed by atoms with Gasteiger partial charge in [0.1, 0.15) is 5.75 Å². The van der Waals surface area contributed by atoms with E-state index in [9.17, 15) is 0 Å². The van der Waals surface area contributed by atoms with Gasteiger partial charge in [-0.2, -0.15) is 0 Å². The first-order valence-electron chi connectivity index (χ1n) is 6.59. The molecule has 2 aromatic rings. The van der Waals surface area contributed by atoms with Gasteiger partial charge in [0.2, 0.25) is 0 Å². The molecule has 1 N–H and O–H groups in total. The maximum atomic E-state index is 5.73.